The summed E-state index contributed by atoms with van der Waals surface area (Å²) in [7, 11) is 0. The highest BCUT2D eigenvalue weighted by Gasteiger charge is 2.06. The van der Waals surface area contributed by atoms with Gasteiger partial charge in [0.2, 0.25) is 0 Å². The lowest BCUT2D eigenvalue weighted by Crippen LogP contribution is -2.00. The molecule has 0 heteroatoms. The third-order valence-corrected chi connectivity index (χ3v) is 4.43. The molecule has 20 heavy (non-hydrogen) atoms. The minimum atomic E-state index is 0.818. The summed E-state index contributed by atoms with van der Waals surface area (Å²) in [6, 6.07) is 0. The summed E-state index contributed by atoms with van der Waals surface area (Å²) in [6.45, 7) is 15.4. The highest BCUT2D eigenvalue weighted by molar-refractivity contribution is 5.10. The van der Waals surface area contributed by atoms with Crippen molar-refractivity contribution in [1.29, 1.82) is 0 Å². The topological polar surface area (TPSA) is 0 Å². The van der Waals surface area contributed by atoms with Crippen LogP contribution in [-0.4, -0.2) is 0 Å². The zero-order chi connectivity index (χ0) is 15.4. The Morgan fingerprint density at radius 3 is 1.90 bits per heavy atom. The summed E-state index contributed by atoms with van der Waals surface area (Å²) >= 11 is 0. The van der Waals surface area contributed by atoms with E-state index >= 15 is 0 Å². The molecule has 0 radical (unpaired) electrons. The van der Waals surface area contributed by atoms with Crippen LogP contribution < -0.4 is 0 Å². The quantitative estimate of drug-likeness (QED) is 0.332. The summed E-state index contributed by atoms with van der Waals surface area (Å²) in [6.07, 6.45) is 15.4. The Kier molecular flexibility index (Phi) is 11.9. The van der Waals surface area contributed by atoms with E-state index in [1.807, 2.05) is 0 Å². The molecule has 0 N–H and O–H groups in total. The molecule has 0 nitrogen and oxygen atoms in total. The lowest BCUT2D eigenvalue weighted by molar-refractivity contribution is 0.392. The largest absolute Gasteiger partial charge is 0.0961 e. The Morgan fingerprint density at radius 1 is 0.900 bits per heavy atom. The van der Waals surface area contributed by atoms with Crippen LogP contribution in [-0.2, 0) is 0 Å². The molecule has 0 fully saturated rings. The van der Waals surface area contributed by atoms with Crippen molar-refractivity contribution in [2.45, 2.75) is 86.0 Å². The van der Waals surface area contributed by atoms with E-state index in [1.165, 1.54) is 51.4 Å². The second-order valence-corrected chi connectivity index (χ2v) is 7.07. The molecule has 0 aliphatic heterocycles. The predicted molar refractivity (Wildman–Crippen MR) is 94.1 cm³/mol. The molecule has 0 saturated carbocycles. The van der Waals surface area contributed by atoms with Gasteiger partial charge in [0, 0.05) is 0 Å². The molecular formula is C20H38. The normalized spacial score (nSPS) is 16.2. The van der Waals surface area contributed by atoms with E-state index in [0.29, 0.717) is 0 Å². The van der Waals surface area contributed by atoms with Gasteiger partial charge in [-0.25, -0.2) is 0 Å². The zero-order valence-electron chi connectivity index (χ0n) is 14.8. The molecule has 0 unspecified atom stereocenters. The van der Waals surface area contributed by atoms with Crippen molar-refractivity contribution in [2.75, 3.05) is 0 Å². The molecule has 0 spiro atoms. The molecule has 0 aromatic rings. The van der Waals surface area contributed by atoms with Gasteiger partial charge in [-0.05, 0) is 31.1 Å². The van der Waals surface area contributed by atoms with Crippen LogP contribution in [0.1, 0.15) is 86.0 Å². The Labute approximate surface area is 128 Å². The standard InChI is InChI=1S/C20H38/c1-7-18(4)12-9-14-20(6)16-10-15-19(5)13-8-11-17(2)3/h8,11,18-20H,2,7,9-10,12-16H2,1,3-6H3/b11-8+/t18-,19+,20-/m0/s1. The predicted octanol–water partition coefficient (Wildman–Crippen LogP) is 7.17. The minimum absolute atomic E-state index is 0.818. The first-order valence-corrected chi connectivity index (χ1v) is 8.77. The molecule has 0 aromatic carbocycles. The first-order valence-electron chi connectivity index (χ1n) is 8.77. The fourth-order valence-electron chi connectivity index (χ4n) is 2.60. The van der Waals surface area contributed by atoms with Crippen LogP contribution in [0, 0.1) is 17.8 Å². The molecule has 0 aliphatic rings. The van der Waals surface area contributed by atoms with Crippen molar-refractivity contribution in [2.24, 2.45) is 17.8 Å². The fourth-order valence-corrected chi connectivity index (χ4v) is 2.60. The first-order chi connectivity index (χ1) is 9.45. The maximum Gasteiger partial charge on any atom is -0.0322 e. The average Bonchev–Trinajstić information content (AvgIpc) is 2.38. The minimum Gasteiger partial charge on any atom is -0.0961 e. The van der Waals surface area contributed by atoms with Crippen LogP contribution in [0.3, 0.4) is 0 Å². The van der Waals surface area contributed by atoms with E-state index in [9.17, 15) is 0 Å². The molecule has 118 valence electrons. The molecular weight excluding hydrogens is 240 g/mol. The van der Waals surface area contributed by atoms with Crippen LogP contribution in [0.4, 0.5) is 0 Å². The lowest BCUT2D eigenvalue weighted by atomic mass is 9.92. The highest BCUT2D eigenvalue weighted by Crippen LogP contribution is 2.21. The van der Waals surface area contributed by atoms with Crippen molar-refractivity contribution < 1.29 is 0 Å². The number of rotatable bonds is 12. The van der Waals surface area contributed by atoms with Gasteiger partial charge in [0.1, 0.15) is 0 Å². The second kappa shape index (κ2) is 12.2. The third kappa shape index (κ3) is 12.5. The molecule has 0 aromatic heterocycles. The van der Waals surface area contributed by atoms with Crippen LogP contribution in [0.25, 0.3) is 0 Å². The monoisotopic (exact) mass is 278 g/mol. The van der Waals surface area contributed by atoms with E-state index in [-0.39, 0.29) is 0 Å². The van der Waals surface area contributed by atoms with Gasteiger partial charge in [-0.15, -0.1) is 0 Å². The smallest absolute Gasteiger partial charge is 0.0322 e. The van der Waals surface area contributed by atoms with Crippen molar-refractivity contribution in [3.05, 3.63) is 24.3 Å². The highest BCUT2D eigenvalue weighted by atomic mass is 14.1. The first kappa shape index (κ1) is 19.5. The van der Waals surface area contributed by atoms with E-state index in [0.717, 1.165) is 23.3 Å². The summed E-state index contributed by atoms with van der Waals surface area (Å²) in [5.74, 6) is 2.65. The van der Waals surface area contributed by atoms with E-state index < -0.39 is 0 Å². The maximum atomic E-state index is 3.90. The number of hydrogen-bond donors (Lipinski definition) is 0. The number of hydrogen-bond acceptors (Lipinski definition) is 0. The Hall–Kier alpha value is -0.520. The van der Waals surface area contributed by atoms with Crippen molar-refractivity contribution in [3.63, 3.8) is 0 Å². The van der Waals surface area contributed by atoms with Gasteiger partial charge in [-0.2, -0.15) is 0 Å². The van der Waals surface area contributed by atoms with E-state index in [2.05, 4.69) is 53.3 Å². The maximum absolute atomic E-state index is 3.90. The molecule has 0 heterocycles. The molecule has 0 saturated heterocycles. The summed E-state index contributed by atoms with van der Waals surface area (Å²) < 4.78 is 0. The second-order valence-electron chi connectivity index (χ2n) is 7.07. The van der Waals surface area contributed by atoms with Gasteiger partial charge in [-0.3, -0.25) is 0 Å². The van der Waals surface area contributed by atoms with E-state index in [4.69, 9.17) is 0 Å². The summed E-state index contributed by atoms with van der Waals surface area (Å²) in [5.41, 5.74) is 1.16. The molecule has 0 rings (SSSR count). The van der Waals surface area contributed by atoms with Crippen molar-refractivity contribution in [1.82, 2.24) is 0 Å². The van der Waals surface area contributed by atoms with Gasteiger partial charge in [0.25, 0.3) is 0 Å². The lowest BCUT2D eigenvalue weighted by Gasteiger charge is -2.14. The van der Waals surface area contributed by atoms with Crippen LogP contribution in [0.5, 0.6) is 0 Å². The molecule has 3 atom stereocenters. The number of allylic oxidation sites excluding steroid dienone is 3. The van der Waals surface area contributed by atoms with Gasteiger partial charge in [0.05, 0.1) is 0 Å². The van der Waals surface area contributed by atoms with Gasteiger partial charge in [-0.1, -0.05) is 96.9 Å². The van der Waals surface area contributed by atoms with Crippen molar-refractivity contribution in [3.8, 4) is 0 Å². The van der Waals surface area contributed by atoms with E-state index in [1.54, 1.807) is 0 Å². The van der Waals surface area contributed by atoms with Crippen LogP contribution in [0.15, 0.2) is 24.3 Å². The molecule has 0 bridgehead atoms. The van der Waals surface area contributed by atoms with Gasteiger partial charge in [0.15, 0.2) is 0 Å². The average molecular weight is 279 g/mol. The van der Waals surface area contributed by atoms with Gasteiger partial charge < -0.3 is 0 Å². The van der Waals surface area contributed by atoms with Crippen molar-refractivity contribution >= 4 is 0 Å². The zero-order valence-corrected chi connectivity index (χ0v) is 14.8. The summed E-state index contributed by atoms with van der Waals surface area (Å²) in [4.78, 5) is 0. The van der Waals surface area contributed by atoms with Gasteiger partial charge >= 0.3 is 0 Å². The Balaban J connectivity index is 3.55. The third-order valence-electron chi connectivity index (χ3n) is 4.43. The molecule has 0 amide bonds. The summed E-state index contributed by atoms with van der Waals surface area (Å²) in [5, 5.41) is 0. The van der Waals surface area contributed by atoms with Crippen LogP contribution >= 0.6 is 0 Å². The Bertz CT molecular complexity index is 261. The Morgan fingerprint density at radius 2 is 1.40 bits per heavy atom. The fraction of sp³-hybridized carbons (Fsp3) is 0.800. The SMILES string of the molecule is C=C(C)/C=C/C[C@@H](C)CCC[C@@H](C)CCC[C@@H](C)CC. The molecule has 0 aliphatic carbocycles. The van der Waals surface area contributed by atoms with Crippen LogP contribution in [0.2, 0.25) is 0 Å².